The van der Waals surface area contributed by atoms with Crippen molar-refractivity contribution in [1.82, 2.24) is 23.8 Å². The van der Waals surface area contributed by atoms with Crippen LogP contribution in [-0.4, -0.2) is 23.8 Å². The van der Waals surface area contributed by atoms with Gasteiger partial charge in [0.1, 0.15) is 12.4 Å². The van der Waals surface area contributed by atoms with E-state index in [4.69, 9.17) is 10.5 Å². The molecule has 0 aliphatic rings. The fourth-order valence-corrected chi connectivity index (χ4v) is 1.93. The summed E-state index contributed by atoms with van der Waals surface area (Å²) in [4.78, 5) is 12.3. The Kier molecular flexibility index (Phi) is 3.00. The predicted octanol–water partition coefficient (Wildman–Crippen LogP) is 1.54. The Morgan fingerprint density at radius 3 is 2.84 bits per heavy atom. The van der Waals surface area contributed by atoms with Gasteiger partial charge in [-0.15, -0.1) is 0 Å². The summed E-state index contributed by atoms with van der Waals surface area (Å²) >= 11 is 3.23. The van der Waals surface area contributed by atoms with Crippen LogP contribution in [0.15, 0.2) is 30.7 Å². The Balaban J connectivity index is 1.87. The van der Waals surface area contributed by atoms with Crippen LogP contribution in [0, 0.1) is 0 Å². The quantitative estimate of drug-likeness (QED) is 0.787. The average Bonchev–Trinajstić information content (AvgIpc) is 2.80. The summed E-state index contributed by atoms with van der Waals surface area (Å²) in [5.74, 6) is 0.334. The molecule has 0 aliphatic heterocycles. The van der Waals surface area contributed by atoms with Crippen LogP contribution in [0.4, 0.5) is 5.82 Å². The van der Waals surface area contributed by atoms with Crippen molar-refractivity contribution in [3.05, 3.63) is 36.3 Å². The van der Waals surface area contributed by atoms with Gasteiger partial charge in [-0.3, -0.25) is 4.98 Å². The average molecular weight is 321 g/mol. The first-order valence-electron chi connectivity index (χ1n) is 5.43. The maximum atomic E-state index is 5.82. The molecule has 0 atom stereocenters. The lowest BCUT2D eigenvalue weighted by atomic mass is 10.3. The van der Waals surface area contributed by atoms with Gasteiger partial charge in [0, 0.05) is 12.4 Å². The molecule has 7 nitrogen and oxygen atoms in total. The van der Waals surface area contributed by atoms with Gasteiger partial charge in [-0.2, -0.15) is 18.8 Å². The van der Waals surface area contributed by atoms with E-state index in [9.17, 15) is 0 Å². The highest BCUT2D eigenvalue weighted by molar-refractivity contribution is 9.08. The normalized spacial score (nSPS) is 10.8. The number of anilines is 1. The minimum atomic E-state index is 0.211. The van der Waals surface area contributed by atoms with Crippen molar-refractivity contribution in [3.63, 3.8) is 0 Å². The van der Waals surface area contributed by atoms with Crippen LogP contribution in [-0.2, 0) is 6.61 Å². The summed E-state index contributed by atoms with van der Waals surface area (Å²) in [7, 11) is 0. The molecule has 0 bridgehead atoms. The summed E-state index contributed by atoms with van der Waals surface area (Å²) in [5.41, 5.74) is 7.37. The lowest BCUT2D eigenvalue weighted by Gasteiger charge is -2.05. The standard InChI is InChI=1S/C11H9BrN6O/c12-18-10-8(5-15-18)9(13)16-11(17-10)19-6-7-1-3-14-4-2-7/h1-5H,6H2,(H2,13,16,17). The van der Waals surface area contributed by atoms with E-state index < -0.39 is 0 Å². The second-order valence-corrected chi connectivity index (χ2v) is 4.45. The first-order valence-corrected chi connectivity index (χ1v) is 6.14. The summed E-state index contributed by atoms with van der Waals surface area (Å²) in [5, 5.41) is 4.68. The molecule has 0 saturated carbocycles. The van der Waals surface area contributed by atoms with Gasteiger partial charge in [-0.25, -0.2) is 0 Å². The second-order valence-electron chi connectivity index (χ2n) is 3.78. The maximum absolute atomic E-state index is 5.82. The molecule has 3 aromatic rings. The highest BCUT2D eigenvalue weighted by Crippen LogP contribution is 2.21. The molecule has 0 radical (unpaired) electrons. The minimum absolute atomic E-state index is 0.211. The molecule has 0 aromatic carbocycles. The lowest BCUT2D eigenvalue weighted by molar-refractivity contribution is 0.282. The number of nitrogens with two attached hydrogens (primary N) is 1. The molecular formula is C11H9BrN6O. The summed E-state index contributed by atoms with van der Waals surface area (Å²) in [6, 6.07) is 3.93. The Bertz CT molecular complexity index is 714. The number of pyridine rings is 1. The molecule has 2 N–H and O–H groups in total. The number of nitrogen functional groups attached to an aromatic ring is 1. The molecular weight excluding hydrogens is 312 g/mol. The van der Waals surface area contributed by atoms with E-state index >= 15 is 0 Å². The highest BCUT2D eigenvalue weighted by Gasteiger charge is 2.10. The Labute approximate surface area is 116 Å². The fraction of sp³-hybridized carbons (Fsp3) is 0.0909. The maximum Gasteiger partial charge on any atom is 0.320 e. The predicted molar refractivity (Wildman–Crippen MR) is 72.6 cm³/mol. The topological polar surface area (TPSA) is 91.7 Å². The largest absolute Gasteiger partial charge is 0.458 e. The third-order valence-corrected chi connectivity index (χ3v) is 3.03. The molecule has 3 heterocycles. The van der Waals surface area contributed by atoms with E-state index in [-0.39, 0.29) is 6.01 Å². The van der Waals surface area contributed by atoms with Gasteiger partial charge >= 0.3 is 6.01 Å². The number of rotatable bonds is 3. The van der Waals surface area contributed by atoms with E-state index in [0.29, 0.717) is 23.5 Å². The van der Waals surface area contributed by atoms with Gasteiger partial charge in [0.2, 0.25) is 0 Å². The van der Waals surface area contributed by atoms with Crippen LogP contribution < -0.4 is 10.5 Å². The smallest absolute Gasteiger partial charge is 0.320 e. The van der Waals surface area contributed by atoms with Gasteiger partial charge in [0.25, 0.3) is 0 Å². The number of aromatic nitrogens is 5. The van der Waals surface area contributed by atoms with Crippen molar-refractivity contribution >= 4 is 33.0 Å². The number of fused-ring (bicyclic) bond motifs is 1. The summed E-state index contributed by atoms with van der Waals surface area (Å²) in [6.45, 7) is 0.351. The molecule has 0 unspecified atom stereocenters. The summed E-state index contributed by atoms with van der Waals surface area (Å²) in [6.07, 6.45) is 4.99. The van der Waals surface area contributed by atoms with Crippen LogP contribution in [0.3, 0.4) is 0 Å². The molecule has 8 heteroatoms. The van der Waals surface area contributed by atoms with E-state index in [1.165, 1.54) is 3.71 Å². The van der Waals surface area contributed by atoms with Crippen LogP contribution in [0.5, 0.6) is 6.01 Å². The molecule has 0 fully saturated rings. The van der Waals surface area contributed by atoms with Crippen LogP contribution in [0.25, 0.3) is 11.0 Å². The monoisotopic (exact) mass is 320 g/mol. The number of hydrogen-bond acceptors (Lipinski definition) is 6. The van der Waals surface area contributed by atoms with E-state index in [1.54, 1.807) is 18.6 Å². The number of nitrogens with zero attached hydrogens (tertiary/aromatic N) is 5. The SMILES string of the molecule is Nc1nc(OCc2ccncc2)nc2c1cnn2Br. The van der Waals surface area contributed by atoms with Crippen LogP contribution >= 0.6 is 16.1 Å². The number of hydrogen-bond donors (Lipinski definition) is 1. The molecule has 0 saturated heterocycles. The van der Waals surface area contributed by atoms with E-state index in [2.05, 4.69) is 36.2 Å². The first-order chi connectivity index (χ1) is 9.24. The molecule has 0 aliphatic carbocycles. The van der Waals surface area contributed by atoms with E-state index in [1.807, 2.05) is 12.1 Å². The summed E-state index contributed by atoms with van der Waals surface area (Å²) < 4.78 is 6.96. The molecule has 96 valence electrons. The van der Waals surface area contributed by atoms with Gasteiger partial charge < -0.3 is 10.5 Å². The number of halogens is 1. The van der Waals surface area contributed by atoms with Crippen molar-refractivity contribution in [2.75, 3.05) is 5.73 Å². The molecule has 3 aromatic heterocycles. The number of ether oxygens (including phenoxy) is 1. The Morgan fingerprint density at radius 2 is 2.05 bits per heavy atom. The first kappa shape index (κ1) is 11.8. The minimum Gasteiger partial charge on any atom is -0.458 e. The van der Waals surface area contributed by atoms with Crippen molar-refractivity contribution in [2.24, 2.45) is 0 Å². The van der Waals surface area contributed by atoms with Crippen molar-refractivity contribution in [1.29, 1.82) is 0 Å². The third kappa shape index (κ3) is 2.34. The van der Waals surface area contributed by atoms with Crippen LogP contribution in [0.2, 0.25) is 0 Å². The van der Waals surface area contributed by atoms with Gasteiger partial charge in [0.05, 0.1) is 27.7 Å². The second kappa shape index (κ2) is 4.81. The third-order valence-electron chi connectivity index (χ3n) is 2.51. The molecule has 3 rings (SSSR count). The molecule has 0 spiro atoms. The van der Waals surface area contributed by atoms with Gasteiger partial charge in [-0.1, -0.05) is 0 Å². The lowest BCUT2D eigenvalue weighted by Crippen LogP contribution is -2.02. The zero-order valence-electron chi connectivity index (χ0n) is 9.69. The zero-order chi connectivity index (χ0) is 13.2. The van der Waals surface area contributed by atoms with Crippen molar-refractivity contribution < 1.29 is 4.74 Å². The van der Waals surface area contributed by atoms with Crippen molar-refractivity contribution in [3.8, 4) is 6.01 Å². The Morgan fingerprint density at radius 1 is 1.26 bits per heavy atom. The van der Waals surface area contributed by atoms with Crippen LogP contribution in [0.1, 0.15) is 5.56 Å². The Hall–Kier alpha value is -2.22. The van der Waals surface area contributed by atoms with Crippen molar-refractivity contribution in [2.45, 2.75) is 6.61 Å². The zero-order valence-corrected chi connectivity index (χ0v) is 11.3. The fourth-order valence-electron chi connectivity index (χ4n) is 1.57. The highest BCUT2D eigenvalue weighted by atomic mass is 79.9. The molecule has 19 heavy (non-hydrogen) atoms. The van der Waals surface area contributed by atoms with Gasteiger partial charge in [0.15, 0.2) is 5.65 Å². The molecule has 0 amide bonds. The van der Waals surface area contributed by atoms with Gasteiger partial charge in [-0.05, 0) is 17.7 Å². The van der Waals surface area contributed by atoms with E-state index in [0.717, 1.165) is 5.56 Å².